The van der Waals surface area contributed by atoms with Crippen molar-refractivity contribution in [2.24, 2.45) is 11.3 Å². The largest absolute Gasteiger partial charge is 0.497 e. The molecule has 5 nitrogen and oxygen atoms in total. The van der Waals surface area contributed by atoms with E-state index in [4.69, 9.17) is 4.74 Å². The van der Waals surface area contributed by atoms with Gasteiger partial charge in [-0.1, -0.05) is 50.2 Å². The summed E-state index contributed by atoms with van der Waals surface area (Å²) in [6.45, 7) is 5.06. The van der Waals surface area contributed by atoms with Crippen molar-refractivity contribution in [2.75, 3.05) is 34.3 Å². The highest BCUT2D eigenvalue weighted by molar-refractivity contribution is 5.85. The molecule has 166 valence electrons. The van der Waals surface area contributed by atoms with Gasteiger partial charge in [0.2, 0.25) is 11.8 Å². The van der Waals surface area contributed by atoms with Crippen molar-refractivity contribution in [3.8, 4) is 16.9 Å². The minimum Gasteiger partial charge on any atom is -0.497 e. The summed E-state index contributed by atoms with van der Waals surface area (Å²) in [5, 5.41) is 0. The van der Waals surface area contributed by atoms with Gasteiger partial charge in [0.05, 0.1) is 12.5 Å². The SMILES string of the molecule is COc1ccc(-c2ccc(C[C@@]3(C(=O)N(C)C)CCCN(C(=O)C(C)C)C3)cc2)cc1. The third-order valence-electron chi connectivity index (χ3n) is 6.16. The van der Waals surface area contributed by atoms with Crippen LogP contribution in [0, 0.1) is 11.3 Å². The van der Waals surface area contributed by atoms with Crippen LogP contribution in [0.3, 0.4) is 0 Å². The summed E-state index contributed by atoms with van der Waals surface area (Å²) >= 11 is 0. The first-order valence-electron chi connectivity index (χ1n) is 11.0. The van der Waals surface area contributed by atoms with Gasteiger partial charge in [0.15, 0.2) is 0 Å². The molecule has 1 aliphatic rings. The molecule has 1 saturated heterocycles. The summed E-state index contributed by atoms with van der Waals surface area (Å²) in [5.41, 5.74) is 2.79. The molecule has 31 heavy (non-hydrogen) atoms. The fraction of sp³-hybridized carbons (Fsp3) is 0.462. The summed E-state index contributed by atoms with van der Waals surface area (Å²) in [6.07, 6.45) is 2.28. The molecular formula is C26H34N2O3. The van der Waals surface area contributed by atoms with E-state index in [-0.39, 0.29) is 17.7 Å². The maximum Gasteiger partial charge on any atom is 0.230 e. The van der Waals surface area contributed by atoms with Gasteiger partial charge >= 0.3 is 0 Å². The highest BCUT2D eigenvalue weighted by Gasteiger charge is 2.44. The van der Waals surface area contributed by atoms with E-state index in [1.807, 2.05) is 43.0 Å². The minimum absolute atomic E-state index is 0.0611. The summed E-state index contributed by atoms with van der Waals surface area (Å²) in [6, 6.07) is 16.4. The predicted octanol–water partition coefficient (Wildman–Crippen LogP) is 4.26. The van der Waals surface area contributed by atoms with Gasteiger partial charge in [-0.25, -0.2) is 0 Å². The second kappa shape index (κ2) is 9.54. The Balaban J connectivity index is 1.84. The lowest BCUT2D eigenvalue weighted by Gasteiger charge is -2.43. The Morgan fingerprint density at radius 2 is 1.61 bits per heavy atom. The first kappa shape index (κ1) is 22.9. The Morgan fingerprint density at radius 3 is 2.13 bits per heavy atom. The van der Waals surface area contributed by atoms with E-state index < -0.39 is 5.41 Å². The van der Waals surface area contributed by atoms with E-state index in [0.717, 1.165) is 41.8 Å². The number of amides is 2. The molecule has 0 radical (unpaired) electrons. The molecule has 5 heteroatoms. The monoisotopic (exact) mass is 422 g/mol. The van der Waals surface area contributed by atoms with Crippen LogP contribution in [0.25, 0.3) is 11.1 Å². The smallest absolute Gasteiger partial charge is 0.230 e. The van der Waals surface area contributed by atoms with Gasteiger partial charge in [-0.3, -0.25) is 9.59 Å². The van der Waals surface area contributed by atoms with Crippen LogP contribution in [0.1, 0.15) is 32.3 Å². The molecule has 0 aliphatic carbocycles. The number of rotatable bonds is 6. The molecule has 1 heterocycles. The van der Waals surface area contributed by atoms with Gasteiger partial charge in [0, 0.05) is 33.1 Å². The number of methoxy groups -OCH3 is 1. The zero-order valence-electron chi connectivity index (χ0n) is 19.4. The summed E-state index contributed by atoms with van der Waals surface area (Å²) in [4.78, 5) is 29.5. The molecule has 0 aromatic heterocycles. The van der Waals surface area contributed by atoms with Crippen molar-refractivity contribution < 1.29 is 14.3 Å². The van der Waals surface area contributed by atoms with Crippen molar-refractivity contribution in [1.82, 2.24) is 9.80 Å². The summed E-state index contributed by atoms with van der Waals surface area (Å²) in [7, 11) is 5.27. The Labute approximate surface area is 186 Å². The molecule has 3 rings (SSSR count). The number of carbonyl (C=O) groups excluding carboxylic acids is 2. The van der Waals surface area contributed by atoms with E-state index in [1.165, 1.54) is 0 Å². The lowest BCUT2D eigenvalue weighted by molar-refractivity contribution is -0.148. The molecule has 1 atom stereocenters. The van der Waals surface area contributed by atoms with E-state index in [1.54, 1.807) is 26.1 Å². The van der Waals surface area contributed by atoms with E-state index in [9.17, 15) is 9.59 Å². The van der Waals surface area contributed by atoms with Gasteiger partial charge in [0.25, 0.3) is 0 Å². The molecule has 0 unspecified atom stereocenters. The highest BCUT2D eigenvalue weighted by atomic mass is 16.5. The predicted molar refractivity (Wildman–Crippen MR) is 124 cm³/mol. The molecule has 1 fully saturated rings. The maximum absolute atomic E-state index is 13.3. The normalized spacial score (nSPS) is 18.7. The van der Waals surface area contributed by atoms with Crippen LogP contribution in [0.5, 0.6) is 5.75 Å². The Hall–Kier alpha value is -2.82. The molecule has 0 spiro atoms. The van der Waals surface area contributed by atoms with Crippen molar-refractivity contribution >= 4 is 11.8 Å². The van der Waals surface area contributed by atoms with E-state index in [0.29, 0.717) is 13.0 Å². The van der Waals surface area contributed by atoms with Gasteiger partial charge in [-0.2, -0.15) is 0 Å². The molecule has 2 amide bonds. The summed E-state index contributed by atoms with van der Waals surface area (Å²) < 4.78 is 5.24. The number of carbonyl (C=O) groups is 2. The molecule has 2 aromatic rings. The second-order valence-corrected chi connectivity index (χ2v) is 9.10. The number of hydrogen-bond donors (Lipinski definition) is 0. The number of nitrogens with zero attached hydrogens (tertiary/aromatic N) is 2. The first-order valence-corrected chi connectivity index (χ1v) is 11.0. The molecular weight excluding hydrogens is 388 g/mol. The second-order valence-electron chi connectivity index (χ2n) is 9.10. The highest BCUT2D eigenvalue weighted by Crippen LogP contribution is 2.36. The Kier molecular flexibility index (Phi) is 7.04. The van der Waals surface area contributed by atoms with Crippen LogP contribution in [-0.2, 0) is 16.0 Å². The van der Waals surface area contributed by atoms with Gasteiger partial charge in [-0.05, 0) is 48.1 Å². The van der Waals surface area contributed by atoms with Crippen LogP contribution >= 0.6 is 0 Å². The maximum atomic E-state index is 13.3. The average molecular weight is 423 g/mol. The number of hydrogen-bond acceptors (Lipinski definition) is 3. The van der Waals surface area contributed by atoms with Gasteiger partial charge < -0.3 is 14.5 Å². The number of benzene rings is 2. The number of piperidine rings is 1. The van der Waals surface area contributed by atoms with Crippen molar-refractivity contribution in [3.63, 3.8) is 0 Å². The fourth-order valence-corrected chi connectivity index (χ4v) is 4.54. The van der Waals surface area contributed by atoms with Crippen molar-refractivity contribution in [2.45, 2.75) is 33.1 Å². The molecule has 1 aliphatic heterocycles. The quantitative estimate of drug-likeness (QED) is 0.699. The topological polar surface area (TPSA) is 49.9 Å². The van der Waals surface area contributed by atoms with Gasteiger partial charge in [-0.15, -0.1) is 0 Å². The zero-order chi connectivity index (χ0) is 22.6. The standard InChI is InChI=1S/C26H34N2O3/c1-19(2)24(29)28-16-6-15-26(18-28,25(30)27(3)4)17-20-7-9-21(10-8-20)22-11-13-23(31-5)14-12-22/h7-14,19H,6,15-18H2,1-5H3/t26-/m0/s1. The van der Waals surface area contributed by atoms with Crippen LogP contribution < -0.4 is 4.74 Å². The number of likely N-dealkylation sites (tertiary alicyclic amines) is 1. The summed E-state index contributed by atoms with van der Waals surface area (Å²) in [5.74, 6) is 1.01. The van der Waals surface area contributed by atoms with E-state index in [2.05, 4.69) is 24.3 Å². The van der Waals surface area contributed by atoms with Gasteiger partial charge in [0.1, 0.15) is 5.75 Å². The fourth-order valence-electron chi connectivity index (χ4n) is 4.54. The Bertz CT molecular complexity index is 903. The van der Waals surface area contributed by atoms with Crippen LogP contribution in [0.2, 0.25) is 0 Å². The number of ether oxygens (including phenoxy) is 1. The Morgan fingerprint density at radius 1 is 1.03 bits per heavy atom. The zero-order valence-corrected chi connectivity index (χ0v) is 19.4. The van der Waals surface area contributed by atoms with Crippen molar-refractivity contribution in [3.05, 3.63) is 54.1 Å². The molecule has 0 saturated carbocycles. The van der Waals surface area contributed by atoms with Crippen LogP contribution in [0.4, 0.5) is 0 Å². The van der Waals surface area contributed by atoms with E-state index >= 15 is 0 Å². The van der Waals surface area contributed by atoms with Crippen LogP contribution in [-0.4, -0.2) is 55.9 Å². The lowest BCUT2D eigenvalue weighted by Crippen LogP contribution is -2.54. The molecule has 0 bridgehead atoms. The van der Waals surface area contributed by atoms with Crippen LogP contribution in [0.15, 0.2) is 48.5 Å². The average Bonchev–Trinajstić information content (AvgIpc) is 2.78. The molecule has 0 N–H and O–H groups in total. The first-order chi connectivity index (χ1) is 14.8. The van der Waals surface area contributed by atoms with Crippen molar-refractivity contribution in [1.29, 1.82) is 0 Å². The third kappa shape index (κ3) is 5.09. The third-order valence-corrected chi connectivity index (χ3v) is 6.16. The molecule has 2 aromatic carbocycles. The lowest BCUT2D eigenvalue weighted by atomic mass is 9.73. The minimum atomic E-state index is -0.575.